The minimum atomic E-state index is -4.40. The molecule has 10 heteroatoms. The number of amides is 1. The Hall–Kier alpha value is -1.25. The number of aromatic nitrogens is 1. The highest BCUT2D eigenvalue weighted by molar-refractivity contribution is 5.90. The van der Waals surface area contributed by atoms with Gasteiger partial charge >= 0.3 is 6.18 Å². The summed E-state index contributed by atoms with van der Waals surface area (Å²) in [6, 6.07) is 2.93. The third kappa shape index (κ3) is 8.24. The molecule has 0 spiro atoms. The fourth-order valence-electron chi connectivity index (χ4n) is 2.06. The lowest BCUT2D eigenvalue weighted by Crippen LogP contribution is -2.27. The van der Waals surface area contributed by atoms with E-state index in [9.17, 15) is 18.0 Å². The van der Waals surface area contributed by atoms with E-state index in [4.69, 9.17) is 0 Å². The highest BCUT2D eigenvalue weighted by Crippen LogP contribution is 2.18. The van der Waals surface area contributed by atoms with Crippen molar-refractivity contribution in [1.29, 1.82) is 0 Å². The molecule has 23 heavy (non-hydrogen) atoms. The molecule has 1 saturated heterocycles. The fraction of sp³-hybridized carbons (Fsp3) is 0.538. The van der Waals surface area contributed by atoms with E-state index in [1.54, 1.807) is 0 Å². The van der Waals surface area contributed by atoms with Gasteiger partial charge in [-0.2, -0.15) is 13.2 Å². The summed E-state index contributed by atoms with van der Waals surface area (Å²) in [6.45, 7) is -0.468. The molecule has 5 nitrogen and oxygen atoms in total. The molecule has 1 aromatic heterocycles. The molecular formula is C13H18Cl2F3N3O2. The second kappa shape index (κ2) is 9.79. The van der Waals surface area contributed by atoms with Gasteiger partial charge in [-0.3, -0.25) is 4.79 Å². The van der Waals surface area contributed by atoms with E-state index in [-0.39, 0.29) is 42.6 Å². The summed E-state index contributed by atoms with van der Waals surface area (Å²) >= 11 is 0. The van der Waals surface area contributed by atoms with Crippen LogP contribution in [0.3, 0.4) is 0 Å². The molecule has 2 N–H and O–H groups in total. The van der Waals surface area contributed by atoms with Crippen LogP contribution in [0.4, 0.5) is 18.9 Å². The van der Waals surface area contributed by atoms with E-state index in [0.717, 1.165) is 19.4 Å². The van der Waals surface area contributed by atoms with Crippen LogP contribution in [0.25, 0.3) is 0 Å². The summed E-state index contributed by atoms with van der Waals surface area (Å²) in [4.78, 5) is 15.5. The number of hydrogen-bond donors (Lipinski definition) is 2. The van der Waals surface area contributed by atoms with Crippen LogP contribution in [0.1, 0.15) is 19.3 Å². The Morgan fingerprint density at radius 3 is 2.65 bits per heavy atom. The Bertz CT molecular complexity index is 480. The van der Waals surface area contributed by atoms with Crippen LogP contribution in [-0.4, -0.2) is 36.3 Å². The van der Waals surface area contributed by atoms with Crippen molar-refractivity contribution in [3.05, 3.63) is 18.3 Å². The van der Waals surface area contributed by atoms with Crippen molar-refractivity contribution in [2.75, 3.05) is 18.5 Å². The van der Waals surface area contributed by atoms with Crippen molar-refractivity contribution in [3.8, 4) is 5.88 Å². The number of anilines is 1. The lowest BCUT2D eigenvalue weighted by atomic mass is 10.1. The highest BCUT2D eigenvalue weighted by atomic mass is 35.5. The van der Waals surface area contributed by atoms with Crippen LogP contribution in [0.2, 0.25) is 0 Å². The molecule has 0 saturated carbocycles. The Balaban J connectivity index is 0.00000242. The number of nitrogens with one attached hydrogen (secondary N) is 2. The second-order valence-corrected chi connectivity index (χ2v) is 4.83. The Kier molecular flexibility index (Phi) is 9.26. The maximum atomic E-state index is 12.0. The third-order valence-electron chi connectivity index (χ3n) is 3.00. The van der Waals surface area contributed by atoms with Crippen molar-refractivity contribution in [2.24, 2.45) is 0 Å². The smallest absolute Gasteiger partial charge is 0.422 e. The summed E-state index contributed by atoms with van der Waals surface area (Å²) in [6.07, 6.45) is -0.735. The monoisotopic (exact) mass is 375 g/mol. The summed E-state index contributed by atoms with van der Waals surface area (Å²) < 4.78 is 40.4. The van der Waals surface area contributed by atoms with E-state index >= 15 is 0 Å². The predicted molar refractivity (Wildman–Crippen MR) is 84.6 cm³/mol. The number of alkyl halides is 3. The van der Waals surface area contributed by atoms with Gasteiger partial charge in [0.15, 0.2) is 6.61 Å². The first-order chi connectivity index (χ1) is 9.92. The summed E-state index contributed by atoms with van der Waals surface area (Å²) in [5.74, 6) is -0.289. The summed E-state index contributed by atoms with van der Waals surface area (Å²) in [5.41, 5.74) is 0.428. The molecule has 0 aromatic carbocycles. The SMILES string of the molecule is Cl.Cl.O=C(CC1CCCN1)Nc1ccc(OCC(F)(F)F)nc1. The molecule has 132 valence electrons. The van der Waals surface area contributed by atoms with E-state index in [1.807, 2.05) is 0 Å². The maximum absolute atomic E-state index is 12.0. The van der Waals surface area contributed by atoms with E-state index in [1.165, 1.54) is 18.3 Å². The first kappa shape index (κ1) is 21.8. The zero-order chi connectivity index (χ0) is 15.3. The molecule has 1 amide bonds. The van der Waals surface area contributed by atoms with Gasteiger partial charge in [-0.25, -0.2) is 4.98 Å². The van der Waals surface area contributed by atoms with Crippen LogP contribution in [0.15, 0.2) is 18.3 Å². The number of rotatable bonds is 5. The van der Waals surface area contributed by atoms with Crippen LogP contribution >= 0.6 is 24.8 Å². The number of halogens is 5. The van der Waals surface area contributed by atoms with Crippen LogP contribution < -0.4 is 15.4 Å². The molecule has 0 radical (unpaired) electrons. The second-order valence-electron chi connectivity index (χ2n) is 4.83. The molecule has 1 fully saturated rings. The molecular weight excluding hydrogens is 358 g/mol. The predicted octanol–water partition coefficient (Wildman–Crippen LogP) is 2.95. The Morgan fingerprint density at radius 2 is 2.13 bits per heavy atom. The van der Waals surface area contributed by atoms with Gasteiger partial charge < -0.3 is 15.4 Å². The number of carbonyl (C=O) groups is 1. The molecule has 1 atom stereocenters. The first-order valence-corrected chi connectivity index (χ1v) is 6.61. The highest BCUT2D eigenvalue weighted by Gasteiger charge is 2.28. The van der Waals surface area contributed by atoms with Crippen LogP contribution in [0.5, 0.6) is 5.88 Å². The number of nitrogens with zero attached hydrogens (tertiary/aromatic N) is 1. The van der Waals surface area contributed by atoms with Crippen LogP contribution in [-0.2, 0) is 4.79 Å². The van der Waals surface area contributed by atoms with E-state index in [2.05, 4.69) is 20.4 Å². The number of carbonyl (C=O) groups excluding carboxylic acids is 1. The van der Waals surface area contributed by atoms with E-state index < -0.39 is 12.8 Å². The quantitative estimate of drug-likeness (QED) is 0.830. The van der Waals surface area contributed by atoms with E-state index in [0.29, 0.717) is 12.1 Å². The van der Waals surface area contributed by atoms with Gasteiger partial charge in [0.25, 0.3) is 0 Å². The zero-order valence-corrected chi connectivity index (χ0v) is 13.7. The topological polar surface area (TPSA) is 63.2 Å². The molecule has 1 aromatic rings. The minimum Gasteiger partial charge on any atom is -0.468 e. The zero-order valence-electron chi connectivity index (χ0n) is 12.1. The standard InChI is InChI=1S/C13H16F3N3O2.2ClH/c14-13(15,16)8-21-12-4-3-10(7-18-12)19-11(20)6-9-2-1-5-17-9;;/h3-4,7,9,17H,1-2,5-6,8H2,(H,19,20);2*1H. The maximum Gasteiger partial charge on any atom is 0.422 e. The number of ether oxygens (including phenoxy) is 1. The Morgan fingerprint density at radius 1 is 1.39 bits per heavy atom. The number of hydrogen-bond acceptors (Lipinski definition) is 4. The Labute approximate surface area is 144 Å². The molecule has 0 aliphatic carbocycles. The van der Waals surface area contributed by atoms with Crippen molar-refractivity contribution in [3.63, 3.8) is 0 Å². The van der Waals surface area contributed by atoms with Gasteiger partial charge in [-0.1, -0.05) is 0 Å². The van der Waals surface area contributed by atoms with Gasteiger partial charge in [0.1, 0.15) is 0 Å². The molecule has 1 unspecified atom stereocenters. The normalized spacial score (nSPS) is 16.9. The van der Waals surface area contributed by atoms with Crippen molar-refractivity contribution >= 4 is 36.4 Å². The van der Waals surface area contributed by atoms with Gasteiger partial charge in [0, 0.05) is 18.5 Å². The first-order valence-electron chi connectivity index (χ1n) is 6.61. The third-order valence-corrected chi connectivity index (χ3v) is 3.00. The molecule has 2 rings (SSSR count). The summed E-state index contributed by atoms with van der Waals surface area (Å²) in [5, 5.41) is 5.86. The van der Waals surface area contributed by atoms with Crippen molar-refractivity contribution in [1.82, 2.24) is 10.3 Å². The fourth-order valence-corrected chi connectivity index (χ4v) is 2.06. The summed E-state index contributed by atoms with van der Waals surface area (Å²) in [7, 11) is 0. The molecule has 1 aliphatic rings. The lowest BCUT2D eigenvalue weighted by molar-refractivity contribution is -0.154. The van der Waals surface area contributed by atoms with Gasteiger partial charge in [0.05, 0.1) is 11.9 Å². The van der Waals surface area contributed by atoms with Gasteiger partial charge in [-0.05, 0) is 25.5 Å². The van der Waals surface area contributed by atoms with Crippen LogP contribution in [0, 0.1) is 0 Å². The average molecular weight is 376 g/mol. The molecule has 2 heterocycles. The molecule has 1 aliphatic heterocycles. The van der Waals surface area contributed by atoms with Gasteiger partial charge in [0.2, 0.25) is 11.8 Å². The minimum absolute atomic E-state index is 0. The van der Waals surface area contributed by atoms with Gasteiger partial charge in [-0.15, -0.1) is 24.8 Å². The van der Waals surface area contributed by atoms with Crippen molar-refractivity contribution in [2.45, 2.75) is 31.5 Å². The largest absolute Gasteiger partial charge is 0.468 e. The molecule has 0 bridgehead atoms. The average Bonchev–Trinajstić information content (AvgIpc) is 2.89. The number of pyridine rings is 1. The van der Waals surface area contributed by atoms with Crippen molar-refractivity contribution < 1.29 is 22.7 Å². The lowest BCUT2D eigenvalue weighted by Gasteiger charge is -2.11.